The summed E-state index contributed by atoms with van der Waals surface area (Å²) in [6.07, 6.45) is 0.771. The Morgan fingerprint density at radius 3 is 2.72 bits per heavy atom. The van der Waals surface area contributed by atoms with Crippen LogP contribution in [0.4, 0.5) is 0 Å². The second-order valence-corrected chi connectivity index (χ2v) is 8.03. The van der Waals surface area contributed by atoms with E-state index in [4.69, 9.17) is 5.11 Å². The maximum absolute atomic E-state index is 12.3. The van der Waals surface area contributed by atoms with Crippen molar-refractivity contribution in [3.05, 3.63) is 11.2 Å². The smallest absolute Gasteiger partial charge is 0.356 e. The van der Waals surface area contributed by atoms with E-state index >= 15 is 0 Å². The van der Waals surface area contributed by atoms with Gasteiger partial charge in [-0.25, -0.2) is 18.2 Å². The third kappa shape index (κ3) is 2.27. The highest BCUT2D eigenvalue weighted by molar-refractivity contribution is 7.91. The molecule has 1 saturated heterocycles. The van der Waals surface area contributed by atoms with Gasteiger partial charge in [0.05, 0.1) is 5.51 Å². The van der Waals surface area contributed by atoms with Gasteiger partial charge >= 0.3 is 5.97 Å². The van der Waals surface area contributed by atoms with E-state index in [1.807, 2.05) is 13.8 Å². The van der Waals surface area contributed by atoms with Crippen LogP contribution in [-0.4, -0.2) is 41.9 Å². The summed E-state index contributed by atoms with van der Waals surface area (Å²) >= 11 is 0.850. The van der Waals surface area contributed by atoms with Gasteiger partial charge in [-0.1, -0.05) is 13.8 Å². The first-order valence-electron chi connectivity index (χ1n) is 5.41. The summed E-state index contributed by atoms with van der Waals surface area (Å²) in [4.78, 5) is 14.5. The van der Waals surface area contributed by atoms with Crippen molar-refractivity contribution in [1.82, 2.24) is 9.29 Å². The Kier molecular flexibility index (Phi) is 3.20. The second-order valence-electron chi connectivity index (χ2n) is 5.05. The van der Waals surface area contributed by atoms with Crippen molar-refractivity contribution >= 4 is 27.3 Å². The SMILES string of the molecule is CC1(C)CCN(S(=O)(=O)c2scnc2C(=O)O)C1. The Morgan fingerprint density at radius 1 is 1.56 bits per heavy atom. The largest absolute Gasteiger partial charge is 0.476 e. The molecule has 8 heteroatoms. The fraction of sp³-hybridized carbons (Fsp3) is 0.600. The van der Waals surface area contributed by atoms with Crippen LogP contribution in [0.5, 0.6) is 0 Å². The normalized spacial score (nSPS) is 20.1. The Balaban J connectivity index is 2.38. The number of carbonyl (C=O) groups is 1. The average molecular weight is 290 g/mol. The predicted molar refractivity (Wildman–Crippen MR) is 66.2 cm³/mol. The minimum atomic E-state index is -3.73. The van der Waals surface area contributed by atoms with Gasteiger partial charge in [-0.15, -0.1) is 11.3 Å². The van der Waals surface area contributed by atoms with Crippen LogP contribution in [-0.2, 0) is 10.0 Å². The molecule has 1 aliphatic heterocycles. The zero-order valence-corrected chi connectivity index (χ0v) is 11.7. The zero-order chi connectivity index (χ0) is 13.6. The Labute approximate surface area is 109 Å². The molecule has 0 bridgehead atoms. The van der Waals surface area contributed by atoms with Crippen LogP contribution >= 0.6 is 11.3 Å². The topological polar surface area (TPSA) is 87.6 Å². The van der Waals surface area contributed by atoms with Gasteiger partial charge in [0.2, 0.25) is 0 Å². The number of carboxylic acids is 1. The van der Waals surface area contributed by atoms with E-state index in [2.05, 4.69) is 4.98 Å². The first kappa shape index (κ1) is 13.4. The maximum atomic E-state index is 12.3. The van der Waals surface area contributed by atoms with Crippen molar-refractivity contribution < 1.29 is 18.3 Å². The van der Waals surface area contributed by atoms with Crippen LogP contribution in [0.15, 0.2) is 9.72 Å². The van der Waals surface area contributed by atoms with Gasteiger partial charge < -0.3 is 5.11 Å². The standard InChI is InChI=1S/C10H14N2O4S2/c1-10(2)3-4-12(5-10)18(15,16)9-7(8(13)14)11-6-17-9/h6H,3-5H2,1-2H3,(H,13,14). The zero-order valence-electron chi connectivity index (χ0n) is 10.1. The van der Waals surface area contributed by atoms with E-state index in [0.717, 1.165) is 17.8 Å². The lowest BCUT2D eigenvalue weighted by molar-refractivity contribution is 0.0687. The van der Waals surface area contributed by atoms with Crippen molar-refractivity contribution in [3.8, 4) is 0 Å². The number of aromatic carboxylic acids is 1. The van der Waals surface area contributed by atoms with E-state index in [0.29, 0.717) is 13.1 Å². The molecule has 0 atom stereocenters. The lowest BCUT2D eigenvalue weighted by Gasteiger charge is -2.18. The molecule has 0 amide bonds. The number of nitrogens with zero attached hydrogens (tertiary/aromatic N) is 2. The molecule has 0 unspecified atom stereocenters. The number of hydrogen-bond acceptors (Lipinski definition) is 5. The molecule has 0 aliphatic carbocycles. The van der Waals surface area contributed by atoms with Gasteiger partial charge in [0, 0.05) is 13.1 Å². The highest BCUT2D eigenvalue weighted by Gasteiger charge is 2.39. The van der Waals surface area contributed by atoms with Crippen molar-refractivity contribution in [3.63, 3.8) is 0 Å². The second kappa shape index (κ2) is 4.29. The van der Waals surface area contributed by atoms with Crippen LogP contribution < -0.4 is 0 Å². The number of hydrogen-bond donors (Lipinski definition) is 1. The summed E-state index contributed by atoms with van der Waals surface area (Å²) in [6, 6.07) is 0. The number of aromatic nitrogens is 1. The maximum Gasteiger partial charge on any atom is 0.356 e. The molecule has 1 N–H and O–H groups in total. The van der Waals surface area contributed by atoms with Crippen molar-refractivity contribution in [1.29, 1.82) is 0 Å². The van der Waals surface area contributed by atoms with Crippen LogP contribution in [0.3, 0.4) is 0 Å². The van der Waals surface area contributed by atoms with Gasteiger partial charge in [0.15, 0.2) is 9.90 Å². The van der Waals surface area contributed by atoms with Crippen molar-refractivity contribution in [2.75, 3.05) is 13.1 Å². The minimum Gasteiger partial charge on any atom is -0.476 e. The fourth-order valence-electron chi connectivity index (χ4n) is 1.95. The van der Waals surface area contributed by atoms with Gasteiger partial charge in [-0.05, 0) is 11.8 Å². The first-order chi connectivity index (χ1) is 8.24. The quantitative estimate of drug-likeness (QED) is 0.905. The Bertz CT molecular complexity index is 576. The van der Waals surface area contributed by atoms with Gasteiger partial charge in [-0.2, -0.15) is 4.31 Å². The van der Waals surface area contributed by atoms with E-state index in [1.165, 1.54) is 9.82 Å². The molecule has 100 valence electrons. The number of thiazole rings is 1. The lowest BCUT2D eigenvalue weighted by atomic mass is 9.93. The predicted octanol–water partition coefficient (Wildman–Crippen LogP) is 1.26. The molecule has 18 heavy (non-hydrogen) atoms. The van der Waals surface area contributed by atoms with Crippen LogP contribution in [0, 0.1) is 5.41 Å². The molecular weight excluding hydrogens is 276 g/mol. The molecule has 0 aromatic carbocycles. The van der Waals surface area contributed by atoms with Crippen molar-refractivity contribution in [2.45, 2.75) is 24.5 Å². The first-order valence-corrected chi connectivity index (χ1v) is 7.73. The van der Waals surface area contributed by atoms with Crippen LogP contribution in [0.1, 0.15) is 30.8 Å². The number of sulfonamides is 1. The molecule has 1 aromatic rings. The van der Waals surface area contributed by atoms with E-state index in [-0.39, 0.29) is 15.3 Å². The summed E-state index contributed by atoms with van der Waals surface area (Å²) in [6.45, 7) is 4.82. The summed E-state index contributed by atoms with van der Waals surface area (Å²) in [5.74, 6) is -1.31. The van der Waals surface area contributed by atoms with Gasteiger partial charge in [0.25, 0.3) is 10.0 Å². The summed E-state index contributed by atoms with van der Waals surface area (Å²) in [5.41, 5.74) is 0.795. The lowest BCUT2D eigenvalue weighted by Crippen LogP contribution is -2.30. The summed E-state index contributed by atoms with van der Waals surface area (Å²) < 4.78 is 25.9. The average Bonchev–Trinajstić information content (AvgIpc) is 2.83. The Hall–Kier alpha value is -0.990. The molecule has 1 fully saturated rings. The molecule has 6 nitrogen and oxygen atoms in total. The van der Waals surface area contributed by atoms with E-state index in [1.54, 1.807) is 0 Å². The summed E-state index contributed by atoms with van der Waals surface area (Å²) in [5, 5.41) is 8.92. The molecule has 2 rings (SSSR count). The Morgan fingerprint density at radius 2 is 2.22 bits per heavy atom. The van der Waals surface area contributed by atoms with Gasteiger partial charge in [0.1, 0.15) is 0 Å². The minimum absolute atomic E-state index is 0.0683. The van der Waals surface area contributed by atoms with Crippen LogP contribution in [0.25, 0.3) is 0 Å². The number of carboxylic acid groups (broad SMARTS) is 1. The van der Waals surface area contributed by atoms with Crippen molar-refractivity contribution in [2.24, 2.45) is 5.41 Å². The third-order valence-corrected chi connectivity index (χ3v) is 6.15. The highest BCUT2D eigenvalue weighted by atomic mass is 32.2. The van der Waals surface area contributed by atoms with Crippen LogP contribution in [0.2, 0.25) is 0 Å². The molecule has 0 saturated carbocycles. The molecule has 1 aromatic heterocycles. The molecule has 0 radical (unpaired) electrons. The van der Waals surface area contributed by atoms with Gasteiger partial charge in [-0.3, -0.25) is 0 Å². The molecular formula is C10H14N2O4S2. The molecule has 1 aliphatic rings. The molecule has 0 spiro atoms. The number of rotatable bonds is 3. The van der Waals surface area contributed by atoms with E-state index < -0.39 is 16.0 Å². The van der Waals surface area contributed by atoms with E-state index in [9.17, 15) is 13.2 Å². The summed E-state index contributed by atoms with van der Waals surface area (Å²) in [7, 11) is -3.73. The fourth-order valence-corrected chi connectivity index (χ4v) is 4.85. The highest BCUT2D eigenvalue weighted by Crippen LogP contribution is 2.34. The monoisotopic (exact) mass is 290 g/mol. The molecule has 2 heterocycles. The third-order valence-electron chi connectivity index (χ3n) is 2.95.